The summed E-state index contributed by atoms with van der Waals surface area (Å²) < 4.78 is 5.87. The standard InChI is InChI=1S/C12H24N2O2/c1-3-8-14-11(15)10(2)16-12(9-13)6-4-5-7-12/h10H,3-9,13H2,1-2H3,(H,14,15). The minimum Gasteiger partial charge on any atom is -0.361 e. The molecule has 0 bridgehead atoms. The lowest BCUT2D eigenvalue weighted by molar-refractivity contribution is -0.144. The van der Waals surface area contributed by atoms with E-state index in [0.29, 0.717) is 13.1 Å². The first-order valence-electron chi connectivity index (χ1n) is 6.29. The number of rotatable bonds is 6. The predicted octanol–water partition coefficient (Wildman–Crippen LogP) is 1.19. The highest BCUT2D eigenvalue weighted by molar-refractivity contribution is 5.80. The molecule has 1 saturated carbocycles. The molecule has 0 aromatic heterocycles. The Morgan fingerprint density at radius 1 is 1.50 bits per heavy atom. The molecule has 1 unspecified atom stereocenters. The second-order valence-corrected chi connectivity index (χ2v) is 4.65. The summed E-state index contributed by atoms with van der Waals surface area (Å²) in [7, 11) is 0. The average molecular weight is 228 g/mol. The molecule has 1 fully saturated rings. The number of hydrogen-bond acceptors (Lipinski definition) is 3. The first-order valence-corrected chi connectivity index (χ1v) is 6.29. The molecule has 1 rings (SSSR count). The summed E-state index contributed by atoms with van der Waals surface area (Å²) in [6.07, 6.45) is 4.82. The van der Waals surface area contributed by atoms with Crippen molar-refractivity contribution < 1.29 is 9.53 Å². The van der Waals surface area contributed by atoms with E-state index in [1.54, 1.807) is 6.92 Å². The van der Waals surface area contributed by atoms with Gasteiger partial charge in [0.1, 0.15) is 6.10 Å². The second kappa shape index (κ2) is 6.21. The summed E-state index contributed by atoms with van der Waals surface area (Å²) in [5.74, 6) is -0.0263. The summed E-state index contributed by atoms with van der Waals surface area (Å²) >= 11 is 0. The maximum atomic E-state index is 11.7. The zero-order valence-electron chi connectivity index (χ0n) is 10.4. The Morgan fingerprint density at radius 3 is 2.62 bits per heavy atom. The van der Waals surface area contributed by atoms with Crippen LogP contribution < -0.4 is 11.1 Å². The number of carbonyl (C=O) groups is 1. The van der Waals surface area contributed by atoms with Gasteiger partial charge in [-0.25, -0.2) is 0 Å². The van der Waals surface area contributed by atoms with Gasteiger partial charge >= 0.3 is 0 Å². The molecule has 0 saturated heterocycles. The molecule has 0 radical (unpaired) electrons. The van der Waals surface area contributed by atoms with Crippen molar-refractivity contribution >= 4 is 5.91 Å². The highest BCUT2D eigenvalue weighted by atomic mass is 16.5. The number of nitrogens with two attached hydrogens (primary N) is 1. The van der Waals surface area contributed by atoms with Gasteiger partial charge in [-0.2, -0.15) is 0 Å². The minimum absolute atomic E-state index is 0.0263. The first-order chi connectivity index (χ1) is 7.63. The molecule has 16 heavy (non-hydrogen) atoms. The van der Waals surface area contributed by atoms with Crippen LogP contribution >= 0.6 is 0 Å². The fraction of sp³-hybridized carbons (Fsp3) is 0.917. The predicted molar refractivity (Wildman–Crippen MR) is 64.1 cm³/mol. The molecule has 0 spiro atoms. The van der Waals surface area contributed by atoms with Gasteiger partial charge < -0.3 is 15.8 Å². The Balaban J connectivity index is 2.42. The Labute approximate surface area is 97.9 Å². The van der Waals surface area contributed by atoms with Crippen LogP contribution in [0, 0.1) is 0 Å². The number of ether oxygens (including phenoxy) is 1. The van der Waals surface area contributed by atoms with Crippen LogP contribution in [0.15, 0.2) is 0 Å². The number of hydrogen-bond donors (Lipinski definition) is 2. The highest BCUT2D eigenvalue weighted by Gasteiger charge is 2.36. The molecule has 1 amide bonds. The summed E-state index contributed by atoms with van der Waals surface area (Å²) in [5.41, 5.74) is 5.51. The van der Waals surface area contributed by atoms with Gasteiger partial charge in [0.05, 0.1) is 5.60 Å². The van der Waals surface area contributed by atoms with Gasteiger partial charge in [-0.1, -0.05) is 19.8 Å². The third kappa shape index (κ3) is 3.46. The highest BCUT2D eigenvalue weighted by Crippen LogP contribution is 2.33. The SMILES string of the molecule is CCCNC(=O)C(C)OC1(CN)CCCC1. The molecular formula is C12H24N2O2. The smallest absolute Gasteiger partial charge is 0.248 e. The molecular weight excluding hydrogens is 204 g/mol. The van der Waals surface area contributed by atoms with E-state index in [9.17, 15) is 4.79 Å². The van der Waals surface area contributed by atoms with Crippen molar-refractivity contribution in [2.75, 3.05) is 13.1 Å². The van der Waals surface area contributed by atoms with Gasteiger partial charge in [0.25, 0.3) is 0 Å². The summed E-state index contributed by atoms with van der Waals surface area (Å²) in [4.78, 5) is 11.7. The van der Waals surface area contributed by atoms with Crippen molar-refractivity contribution in [1.82, 2.24) is 5.32 Å². The Hall–Kier alpha value is -0.610. The van der Waals surface area contributed by atoms with Gasteiger partial charge in [0.15, 0.2) is 0 Å². The van der Waals surface area contributed by atoms with Crippen molar-refractivity contribution in [3.8, 4) is 0 Å². The van der Waals surface area contributed by atoms with Crippen LogP contribution in [0.5, 0.6) is 0 Å². The van der Waals surface area contributed by atoms with Crippen LogP contribution in [-0.4, -0.2) is 30.7 Å². The van der Waals surface area contributed by atoms with Crippen molar-refractivity contribution in [2.45, 2.75) is 57.7 Å². The molecule has 3 N–H and O–H groups in total. The normalized spacial score (nSPS) is 20.7. The van der Waals surface area contributed by atoms with E-state index in [0.717, 1.165) is 32.1 Å². The quantitative estimate of drug-likeness (QED) is 0.717. The zero-order valence-corrected chi connectivity index (χ0v) is 10.4. The summed E-state index contributed by atoms with van der Waals surface area (Å²) in [6, 6.07) is 0. The lowest BCUT2D eigenvalue weighted by atomic mass is 10.0. The van der Waals surface area contributed by atoms with E-state index >= 15 is 0 Å². The van der Waals surface area contributed by atoms with Gasteiger partial charge in [0.2, 0.25) is 5.91 Å². The molecule has 1 atom stereocenters. The lowest BCUT2D eigenvalue weighted by Gasteiger charge is -2.30. The van der Waals surface area contributed by atoms with E-state index in [-0.39, 0.29) is 11.5 Å². The lowest BCUT2D eigenvalue weighted by Crippen LogP contribution is -2.45. The van der Waals surface area contributed by atoms with E-state index in [4.69, 9.17) is 10.5 Å². The van der Waals surface area contributed by atoms with Crippen LogP contribution in [0.3, 0.4) is 0 Å². The van der Waals surface area contributed by atoms with Gasteiger partial charge in [-0.15, -0.1) is 0 Å². The largest absolute Gasteiger partial charge is 0.361 e. The first kappa shape index (κ1) is 13.5. The Kier molecular flexibility index (Phi) is 5.22. The van der Waals surface area contributed by atoms with E-state index in [1.165, 1.54) is 0 Å². The Bertz CT molecular complexity index is 225. The van der Waals surface area contributed by atoms with E-state index < -0.39 is 6.10 Å². The third-order valence-corrected chi connectivity index (χ3v) is 3.23. The molecule has 4 nitrogen and oxygen atoms in total. The van der Waals surface area contributed by atoms with Gasteiger partial charge in [-0.05, 0) is 26.2 Å². The van der Waals surface area contributed by atoms with Crippen molar-refractivity contribution in [3.05, 3.63) is 0 Å². The van der Waals surface area contributed by atoms with Crippen molar-refractivity contribution in [2.24, 2.45) is 5.73 Å². The van der Waals surface area contributed by atoms with Crippen molar-refractivity contribution in [1.29, 1.82) is 0 Å². The average Bonchev–Trinajstić information content (AvgIpc) is 2.75. The molecule has 1 aliphatic carbocycles. The van der Waals surface area contributed by atoms with E-state index in [2.05, 4.69) is 5.32 Å². The topological polar surface area (TPSA) is 64.3 Å². The Morgan fingerprint density at radius 2 is 2.12 bits per heavy atom. The summed E-state index contributed by atoms with van der Waals surface area (Å²) in [5, 5.41) is 2.84. The molecule has 4 heteroatoms. The molecule has 94 valence electrons. The third-order valence-electron chi connectivity index (χ3n) is 3.23. The van der Waals surface area contributed by atoms with Gasteiger partial charge in [0, 0.05) is 13.1 Å². The molecule has 1 aliphatic rings. The monoisotopic (exact) mass is 228 g/mol. The van der Waals surface area contributed by atoms with Crippen molar-refractivity contribution in [3.63, 3.8) is 0 Å². The van der Waals surface area contributed by atoms with Crippen LogP contribution in [-0.2, 0) is 9.53 Å². The fourth-order valence-corrected chi connectivity index (χ4v) is 2.21. The van der Waals surface area contributed by atoms with Crippen LogP contribution in [0.4, 0.5) is 0 Å². The molecule has 0 aromatic carbocycles. The number of amides is 1. The van der Waals surface area contributed by atoms with E-state index in [1.807, 2.05) is 6.92 Å². The van der Waals surface area contributed by atoms with Crippen LogP contribution in [0.1, 0.15) is 46.0 Å². The molecule has 0 heterocycles. The maximum Gasteiger partial charge on any atom is 0.248 e. The second-order valence-electron chi connectivity index (χ2n) is 4.65. The number of carbonyl (C=O) groups excluding carboxylic acids is 1. The maximum absolute atomic E-state index is 11.7. The van der Waals surface area contributed by atoms with Crippen LogP contribution in [0.2, 0.25) is 0 Å². The van der Waals surface area contributed by atoms with Gasteiger partial charge in [-0.3, -0.25) is 4.79 Å². The zero-order chi connectivity index (χ0) is 12.0. The molecule has 0 aliphatic heterocycles. The summed E-state index contributed by atoms with van der Waals surface area (Å²) in [6.45, 7) is 5.06. The molecule has 0 aromatic rings. The number of nitrogens with one attached hydrogen (secondary N) is 1. The minimum atomic E-state index is -0.395. The fourth-order valence-electron chi connectivity index (χ4n) is 2.21. The van der Waals surface area contributed by atoms with Crippen LogP contribution in [0.25, 0.3) is 0 Å².